The van der Waals surface area contributed by atoms with E-state index in [0.29, 0.717) is 4.31 Å². The first-order valence-electron chi connectivity index (χ1n) is 12.3. The van der Waals surface area contributed by atoms with Gasteiger partial charge in [-0.15, -0.1) is 0 Å². The van der Waals surface area contributed by atoms with E-state index in [2.05, 4.69) is 6.92 Å². The van der Waals surface area contributed by atoms with E-state index in [9.17, 15) is 5.21 Å². The number of quaternary nitrogens is 1. The molecule has 0 fully saturated rings. The topological polar surface area (TPSA) is 29.5 Å². The Morgan fingerprint density at radius 2 is 0.963 bits per heavy atom. The van der Waals surface area contributed by atoms with Crippen LogP contribution in [0.5, 0.6) is 0 Å². The van der Waals surface area contributed by atoms with Crippen molar-refractivity contribution in [3.05, 3.63) is 0 Å². The molecule has 0 aromatic carbocycles. The first-order chi connectivity index (χ1) is 13.1. The van der Waals surface area contributed by atoms with E-state index in [1.54, 1.807) is 0 Å². The number of hydrogen-bond acceptors (Lipinski definition) is 2. The molecule has 164 valence electrons. The fraction of sp³-hybridized carbons (Fsp3) is 1.00. The Bertz CT molecular complexity index is 288. The molecule has 0 saturated heterocycles. The molecule has 4 heteroatoms. The highest BCUT2D eigenvalue weighted by molar-refractivity contribution is 5.96. The molecule has 27 heavy (non-hydrogen) atoms. The lowest BCUT2D eigenvalue weighted by atomic mass is 10.0. The van der Waals surface area contributed by atoms with Crippen molar-refractivity contribution in [1.29, 1.82) is 0 Å². The molecule has 0 aromatic rings. The molecular formula is C23H52NO2Si+. The van der Waals surface area contributed by atoms with Gasteiger partial charge in [0.25, 0.3) is 10.4 Å². The fourth-order valence-corrected chi connectivity index (χ4v) is 4.40. The normalized spacial score (nSPS) is 13.9. The standard InChI is InChI=1S/C23H52NO2Si/c1-3-5-6-7-8-9-10-11-12-13-14-15-16-17-18-19-21-24(25,27)22-20-23-26-4-2/h25H,3-23H2,1-2,27H3/q+1. The molecule has 0 aliphatic heterocycles. The van der Waals surface area contributed by atoms with Crippen LogP contribution in [0.25, 0.3) is 0 Å². The van der Waals surface area contributed by atoms with Crippen LogP contribution >= 0.6 is 0 Å². The fourth-order valence-electron chi connectivity index (χ4n) is 3.76. The maximum Gasteiger partial charge on any atom is 0.271 e. The third-order valence-electron chi connectivity index (χ3n) is 5.63. The van der Waals surface area contributed by atoms with E-state index in [1.165, 1.54) is 103 Å². The van der Waals surface area contributed by atoms with Crippen LogP contribution in [-0.2, 0) is 4.74 Å². The Morgan fingerprint density at radius 3 is 1.37 bits per heavy atom. The minimum Gasteiger partial charge on any atom is -0.382 e. The zero-order valence-electron chi connectivity index (χ0n) is 19.2. The Hall–Kier alpha value is 0.0969. The average Bonchev–Trinajstić information content (AvgIpc) is 2.65. The smallest absolute Gasteiger partial charge is 0.271 e. The second-order valence-electron chi connectivity index (χ2n) is 8.64. The quantitative estimate of drug-likeness (QED) is 0.133. The van der Waals surface area contributed by atoms with Crippen LogP contribution < -0.4 is 0 Å². The van der Waals surface area contributed by atoms with E-state index in [-0.39, 0.29) is 0 Å². The Kier molecular flexibility index (Phi) is 20.9. The van der Waals surface area contributed by atoms with Gasteiger partial charge in [-0.25, -0.2) is 9.52 Å². The van der Waals surface area contributed by atoms with E-state index >= 15 is 0 Å². The zero-order valence-corrected chi connectivity index (χ0v) is 21.2. The summed E-state index contributed by atoms with van der Waals surface area (Å²) in [5.74, 6) is 0. The molecule has 0 aliphatic rings. The van der Waals surface area contributed by atoms with Gasteiger partial charge < -0.3 is 4.74 Å². The molecule has 0 aliphatic carbocycles. The third kappa shape index (κ3) is 22.3. The molecule has 0 rings (SSSR count). The summed E-state index contributed by atoms with van der Waals surface area (Å²) in [4.78, 5) is 0. The Labute approximate surface area is 174 Å². The van der Waals surface area contributed by atoms with Gasteiger partial charge in [-0.05, 0) is 19.8 Å². The van der Waals surface area contributed by atoms with Crippen LogP contribution in [0.4, 0.5) is 0 Å². The maximum atomic E-state index is 10.4. The van der Waals surface area contributed by atoms with Crippen molar-refractivity contribution in [1.82, 2.24) is 0 Å². The predicted octanol–water partition coefficient (Wildman–Crippen LogP) is 6.16. The molecule has 0 aromatic heterocycles. The van der Waals surface area contributed by atoms with Gasteiger partial charge in [-0.2, -0.15) is 0 Å². The van der Waals surface area contributed by atoms with Crippen molar-refractivity contribution >= 4 is 10.4 Å². The molecule has 0 spiro atoms. The summed E-state index contributed by atoms with van der Waals surface area (Å²) < 4.78 is 5.66. The van der Waals surface area contributed by atoms with Crippen molar-refractivity contribution in [2.45, 2.75) is 123 Å². The summed E-state index contributed by atoms with van der Waals surface area (Å²) in [6.45, 7) is 7.70. The van der Waals surface area contributed by atoms with Gasteiger partial charge in [0.15, 0.2) is 0 Å². The molecule has 1 unspecified atom stereocenters. The number of hydrogen-bond donors (Lipinski definition) is 1. The zero-order chi connectivity index (χ0) is 20.1. The van der Waals surface area contributed by atoms with Crippen molar-refractivity contribution in [3.8, 4) is 0 Å². The van der Waals surface area contributed by atoms with Crippen molar-refractivity contribution in [3.63, 3.8) is 0 Å². The second kappa shape index (κ2) is 20.8. The van der Waals surface area contributed by atoms with Crippen LogP contribution in [0, 0.1) is 0 Å². The summed E-state index contributed by atoms with van der Waals surface area (Å²) in [6.07, 6.45) is 23.4. The molecule has 0 heterocycles. The van der Waals surface area contributed by atoms with Gasteiger partial charge in [0.2, 0.25) is 0 Å². The van der Waals surface area contributed by atoms with E-state index in [1.807, 2.05) is 6.92 Å². The molecule has 0 radical (unpaired) electrons. The van der Waals surface area contributed by atoms with Gasteiger partial charge in [0, 0.05) is 13.0 Å². The molecule has 0 bridgehead atoms. The molecule has 3 nitrogen and oxygen atoms in total. The van der Waals surface area contributed by atoms with E-state index in [4.69, 9.17) is 4.74 Å². The van der Waals surface area contributed by atoms with Crippen LogP contribution in [0.1, 0.15) is 123 Å². The number of nitrogens with zero attached hydrogens (tertiary/aromatic N) is 1. The highest BCUT2D eigenvalue weighted by Crippen LogP contribution is 2.14. The van der Waals surface area contributed by atoms with Crippen LogP contribution in [-0.4, -0.2) is 46.2 Å². The molecular weight excluding hydrogens is 350 g/mol. The highest BCUT2D eigenvalue weighted by Gasteiger charge is 2.16. The molecule has 1 N–H and O–H groups in total. The second-order valence-corrected chi connectivity index (χ2v) is 10.3. The van der Waals surface area contributed by atoms with Crippen LogP contribution in [0.15, 0.2) is 0 Å². The van der Waals surface area contributed by atoms with Crippen molar-refractivity contribution in [2.75, 3.05) is 26.3 Å². The summed E-state index contributed by atoms with van der Waals surface area (Å²) in [5.41, 5.74) is 0. The molecule has 0 saturated carbocycles. The predicted molar refractivity (Wildman–Crippen MR) is 122 cm³/mol. The van der Waals surface area contributed by atoms with Gasteiger partial charge in [0.1, 0.15) is 0 Å². The molecule has 0 amide bonds. The number of ether oxygens (including phenoxy) is 1. The highest BCUT2D eigenvalue weighted by atomic mass is 28.2. The minimum atomic E-state index is 0.297. The third-order valence-corrected chi connectivity index (χ3v) is 6.52. The number of rotatable bonds is 22. The lowest BCUT2D eigenvalue weighted by Crippen LogP contribution is -2.44. The van der Waals surface area contributed by atoms with E-state index < -0.39 is 0 Å². The van der Waals surface area contributed by atoms with Crippen LogP contribution in [0.2, 0.25) is 0 Å². The van der Waals surface area contributed by atoms with Gasteiger partial charge in [-0.3, -0.25) is 0 Å². The van der Waals surface area contributed by atoms with Crippen LogP contribution in [0.3, 0.4) is 0 Å². The Morgan fingerprint density at radius 1 is 0.593 bits per heavy atom. The van der Waals surface area contributed by atoms with Gasteiger partial charge >= 0.3 is 0 Å². The summed E-state index contributed by atoms with van der Waals surface area (Å²) in [6, 6.07) is 0. The molecule has 1 atom stereocenters. The summed E-state index contributed by atoms with van der Waals surface area (Å²) in [5, 5.41) is 10.4. The first kappa shape index (κ1) is 27.1. The number of unbranched alkanes of at least 4 members (excludes halogenated alkanes) is 15. The number of hydroxylamine groups is 2. The monoisotopic (exact) mass is 402 g/mol. The largest absolute Gasteiger partial charge is 0.382 e. The summed E-state index contributed by atoms with van der Waals surface area (Å²) in [7, 11) is 0.825. The van der Waals surface area contributed by atoms with Crippen molar-refractivity contribution in [2.24, 2.45) is 0 Å². The lowest BCUT2D eigenvalue weighted by Gasteiger charge is -2.27. The van der Waals surface area contributed by atoms with Gasteiger partial charge in [-0.1, -0.05) is 96.8 Å². The maximum absolute atomic E-state index is 10.4. The lowest BCUT2D eigenvalue weighted by molar-refractivity contribution is -1.01. The summed E-state index contributed by atoms with van der Waals surface area (Å²) >= 11 is 0. The first-order valence-corrected chi connectivity index (χ1v) is 13.2. The SMILES string of the molecule is CCCCCCCCCCCCCCCCCC[N+](O)([SiH3])CCCOCC. The van der Waals surface area contributed by atoms with Crippen molar-refractivity contribution < 1.29 is 14.3 Å². The Balaban J connectivity index is 3.20. The average molecular weight is 403 g/mol. The van der Waals surface area contributed by atoms with Gasteiger partial charge in [0.05, 0.1) is 19.7 Å². The minimum absolute atomic E-state index is 0.297. The van der Waals surface area contributed by atoms with E-state index in [0.717, 1.165) is 43.1 Å².